The van der Waals surface area contributed by atoms with E-state index in [2.05, 4.69) is 104 Å². The molecule has 170 valence electrons. The molecule has 0 fully saturated rings. The second kappa shape index (κ2) is 9.33. The van der Waals surface area contributed by atoms with E-state index in [9.17, 15) is 5.11 Å². The molecule has 0 heterocycles. The number of benzene rings is 2. The molecular formula is C27H41N3O. The van der Waals surface area contributed by atoms with Crippen molar-refractivity contribution in [3.8, 4) is 5.75 Å². The van der Waals surface area contributed by atoms with E-state index in [1.165, 1.54) is 5.56 Å². The number of nitrogens with one attached hydrogen (secondary N) is 1. The van der Waals surface area contributed by atoms with Gasteiger partial charge in [0.1, 0.15) is 5.75 Å². The number of hydrogen-bond acceptors (Lipinski definition) is 2. The number of para-hydroxylation sites is 1. The summed E-state index contributed by atoms with van der Waals surface area (Å²) in [6.07, 6.45) is 0. The number of guanidine groups is 1. The second-order valence-electron chi connectivity index (χ2n) is 10.9. The zero-order chi connectivity index (χ0) is 23.6. The van der Waals surface area contributed by atoms with Gasteiger partial charge in [-0.25, -0.2) is 4.99 Å². The SMILES string of the molecule is CC(C)N=C(NC(C)C)N(c1ccccc1)c1cc(C(C)(C)C)cc(C(C)(C)C)c1O. The van der Waals surface area contributed by atoms with Crippen LogP contribution in [0.15, 0.2) is 47.5 Å². The molecule has 0 spiro atoms. The highest BCUT2D eigenvalue weighted by Crippen LogP contribution is 2.44. The van der Waals surface area contributed by atoms with Crippen LogP contribution < -0.4 is 10.2 Å². The topological polar surface area (TPSA) is 47.9 Å². The number of rotatable bonds is 4. The zero-order valence-electron chi connectivity index (χ0n) is 21.0. The van der Waals surface area contributed by atoms with Crippen molar-refractivity contribution in [3.63, 3.8) is 0 Å². The van der Waals surface area contributed by atoms with E-state index < -0.39 is 0 Å². The van der Waals surface area contributed by atoms with Crippen molar-refractivity contribution in [1.29, 1.82) is 0 Å². The van der Waals surface area contributed by atoms with Gasteiger partial charge in [-0.1, -0.05) is 65.8 Å². The Morgan fingerprint density at radius 3 is 1.94 bits per heavy atom. The molecule has 2 rings (SSSR count). The lowest BCUT2D eigenvalue weighted by molar-refractivity contribution is 0.446. The zero-order valence-corrected chi connectivity index (χ0v) is 21.0. The normalized spacial score (nSPS) is 13.1. The highest BCUT2D eigenvalue weighted by molar-refractivity contribution is 6.04. The monoisotopic (exact) mass is 423 g/mol. The summed E-state index contributed by atoms with van der Waals surface area (Å²) in [6, 6.07) is 14.7. The summed E-state index contributed by atoms with van der Waals surface area (Å²) in [6.45, 7) is 21.4. The molecule has 2 aromatic carbocycles. The quantitative estimate of drug-likeness (QED) is 0.416. The van der Waals surface area contributed by atoms with Crippen LogP contribution in [0.25, 0.3) is 0 Å². The summed E-state index contributed by atoms with van der Waals surface area (Å²) in [5.41, 5.74) is 3.55. The number of hydrogen-bond donors (Lipinski definition) is 2. The summed E-state index contributed by atoms with van der Waals surface area (Å²) >= 11 is 0. The molecule has 0 aromatic heterocycles. The first-order valence-corrected chi connectivity index (χ1v) is 11.3. The molecule has 0 aliphatic carbocycles. The van der Waals surface area contributed by atoms with E-state index in [-0.39, 0.29) is 22.9 Å². The lowest BCUT2D eigenvalue weighted by Gasteiger charge is -2.33. The smallest absolute Gasteiger partial charge is 0.203 e. The maximum absolute atomic E-state index is 11.5. The van der Waals surface area contributed by atoms with Crippen LogP contribution in [0.3, 0.4) is 0 Å². The number of nitrogens with zero attached hydrogens (tertiary/aromatic N) is 2. The van der Waals surface area contributed by atoms with Crippen LogP contribution in [0, 0.1) is 0 Å². The van der Waals surface area contributed by atoms with E-state index >= 15 is 0 Å². The predicted octanol–water partition coefficient (Wildman–Crippen LogP) is 6.89. The minimum absolute atomic E-state index is 0.0639. The fourth-order valence-electron chi connectivity index (χ4n) is 3.41. The maximum Gasteiger partial charge on any atom is 0.203 e. The van der Waals surface area contributed by atoms with Crippen LogP contribution in [0.2, 0.25) is 0 Å². The van der Waals surface area contributed by atoms with E-state index in [0.717, 1.165) is 22.9 Å². The number of phenols is 1. The Kier molecular flexibility index (Phi) is 7.46. The molecule has 0 unspecified atom stereocenters. The summed E-state index contributed by atoms with van der Waals surface area (Å²) < 4.78 is 0. The van der Waals surface area contributed by atoms with E-state index in [0.29, 0.717) is 5.75 Å². The molecule has 0 radical (unpaired) electrons. The Hall–Kier alpha value is -2.49. The molecule has 2 aromatic rings. The molecular weight excluding hydrogens is 382 g/mol. The van der Waals surface area contributed by atoms with Gasteiger partial charge in [0.05, 0.1) is 5.69 Å². The van der Waals surface area contributed by atoms with Gasteiger partial charge >= 0.3 is 0 Å². The minimum atomic E-state index is -0.205. The van der Waals surface area contributed by atoms with Crippen LogP contribution in [0.1, 0.15) is 80.4 Å². The molecule has 0 aliphatic heterocycles. The lowest BCUT2D eigenvalue weighted by atomic mass is 9.79. The Balaban J connectivity index is 2.91. The Bertz CT molecular complexity index is 901. The van der Waals surface area contributed by atoms with Gasteiger partial charge in [-0.2, -0.15) is 0 Å². The molecule has 0 atom stereocenters. The predicted molar refractivity (Wildman–Crippen MR) is 135 cm³/mol. The van der Waals surface area contributed by atoms with E-state index in [1.54, 1.807) is 0 Å². The minimum Gasteiger partial charge on any atom is -0.505 e. The molecule has 4 heteroatoms. The first kappa shape index (κ1) is 24.8. The van der Waals surface area contributed by atoms with Crippen LogP contribution in [-0.4, -0.2) is 23.1 Å². The second-order valence-corrected chi connectivity index (χ2v) is 10.9. The van der Waals surface area contributed by atoms with E-state index in [4.69, 9.17) is 4.99 Å². The van der Waals surface area contributed by atoms with Crippen molar-refractivity contribution in [2.45, 2.75) is 92.2 Å². The lowest BCUT2D eigenvalue weighted by Crippen LogP contribution is -2.43. The van der Waals surface area contributed by atoms with Crippen LogP contribution in [0.5, 0.6) is 5.75 Å². The van der Waals surface area contributed by atoms with Crippen molar-refractivity contribution >= 4 is 17.3 Å². The first-order valence-electron chi connectivity index (χ1n) is 11.3. The molecule has 2 N–H and O–H groups in total. The molecule has 0 saturated heterocycles. The van der Waals surface area contributed by atoms with Crippen molar-refractivity contribution in [1.82, 2.24) is 5.32 Å². The van der Waals surface area contributed by atoms with Gasteiger partial charge in [0.2, 0.25) is 5.96 Å². The standard InChI is InChI=1S/C27H41N3O/c1-18(2)28-25(29-19(3)4)30(21-14-12-11-13-15-21)23-17-20(26(5,6)7)16-22(24(23)31)27(8,9)10/h11-19,31H,1-10H3,(H,28,29). The summed E-state index contributed by atoms with van der Waals surface area (Å²) in [4.78, 5) is 6.97. The summed E-state index contributed by atoms with van der Waals surface area (Å²) in [5, 5.41) is 15.1. The molecule has 0 aliphatic rings. The Morgan fingerprint density at radius 1 is 0.903 bits per heavy atom. The maximum atomic E-state index is 11.5. The van der Waals surface area contributed by atoms with Gasteiger partial charge in [-0.05, 0) is 62.3 Å². The fourth-order valence-corrected chi connectivity index (χ4v) is 3.41. The molecule has 0 bridgehead atoms. The molecule has 0 amide bonds. The Morgan fingerprint density at radius 2 is 1.48 bits per heavy atom. The first-order chi connectivity index (χ1) is 14.2. The highest BCUT2D eigenvalue weighted by atomic mass is 16.3. The molecule has 31 heavy (non-hydrogen) atoms. The van der Waals surface area contributed by atoms with Gasteiger partial charge in [-0.15, -0.1) is 0 Å². The number of aliphatic imine (C=N–C) groups is 1. The third-order valence-corrected chi connectivity index (χ3v) is 5.03. The largest absolute Gasteiger partial charge is 0.505 e. The van der Waals surface area contributed by atoms with Gasteiger partial charge in [0.15, 0.2) is 0 Å². The number of anilines is 2. The van der Waals surface area contributed by atoms with Crippen molar-refractivity contribution in [3.05, 3.63) is 53.6 Å². The summed E-state index contributed by atoms with van der Waals surface area (Å²) in [5.74, 6) is 1.03. The summed E-state index contributed by atoms with van der Waals surface area (Å²) in [7, 11) is 0. The average molecular weight is 424 g/mol. The van der Waals surface area contributed by atoms with Gasteiger partial charge < -0.3 is 10.4 Å². The molecule has 0 saturated carbocycles. The van der Waals surface area contributed by atoms with Crippen LogP contribution in [-0.2, 0) is 10.8 Å². The van der Waals surface area contributed by atoms with E-state index in [1.807, 2.05) is 18.2 Å². The van der Waals surface area contributed by atoms with Gasteiger partial charge in [-0.3, -0.25) is 4.90 Å². The van der Waals surface area contributed by atoms with Crippen molar-refractivity contribution < 1.29 is 5.11 Å². The molecule has 4 nitrogen and oxygen atoms in total. The van der Waals surface area contributed by atoms with Crippen molar-refractivity contribution in [2.24, 2.45) is 4.99 Å². The number of aromatic hydroxyl groups is 1. The third-order valence-electron chi connectivity index (χ3n) is 5.03. The Labute approximate surface area is 189 Å². The van der Waals surface area contributed by atoms with Crippen molar-refractivity contribution in [2.75, 3.05) is 4.90 Å². The fraction of sp³-hybridized carbons (Fsp3) is 0.519. The van der Waals surface area contributed by atoms with Gasteiger partial charge in [0, 0.05) is 23.3 Å². The van der Waals surface area contributed by atoms with Crippen LogP contribution >= 0.6 is 0 Å². The number of phenolic OH excluding ortho intramolecular Hbond substituents is 1. The van der Waals surface area contributed by atoms with Crippen LogP contribution in [0.4, 0.5) is 11.4 Å². The van der Waals surface area contributed by atoms with Gasteiger partial charge in [0.25, 0.3) is 0 Å². The third kappa shape index (κ3) is 6.25. The highest BCUT2D eigenvalue weighted by Gasteiger charge is 2.29. The average Bonchev–Trinajstić information content (AvgIpc) is 2.61.